The maximum atomic E-state index is 5.61. The van der Waals surface area contributed by atoms with Crippen molar-refractivity contribution >= 4 is 71.6 Å². The molecular weight excluding hydrogens is 633 g/mol. The topological polar surface area (TPSA) is 42.5 Å². The highest BCUT2D eigenvalue weighted by atomic mass is 15.2. The maximum Gasteiger partial charge on any atom is 0.235 e. The largest absolute Gasteiger partial charge is 0.278 e. The lowest BCUT2D eigenvalue weighted by molar-refractivity contribution is 0.998. The van der Waals surface area contributed by atoms with Gasteiger partial charge in [0, 0.05) is 33.3 Å². The van der Waals surface area contributed by atoms with Crippen molar-refractivity contribution in [3.8, 4) is 11.1 Å². The zero-order chi connectivity index (χ0) is 34.6. The zero-order valence-electron chi connectivity index (χ0n) is 28.8. The van der Waals surface area contributed by atoms with Crippen LogP contribution in [0.1, 0.15) is 30.9 Å². The third-order valence-electron chi connectivity index (χ3n) is 10.5. The van der Waals surface area contributed by atoms with Crippen LogP contribution in [0.15, 0.2) is 179 Å². The van der Waals surface area contributed by atoms with Gasteiger partial charge in [-0.3, -0.25) is 9.55 Å². The summed E-state index contributed by atoms with van der Waals surface area (Å²) in [6, 6.07) is 56.1. The first kappa shape index (κ1) is 30.2. The smallest absolute Gasteiger partial charge is 0.235 e. The van der Waals surface area contributed by atoms with Crippen LogP contribution < -0.4 is 0 Å². The van der Waals surface area contributed by atoms with Crippen LogP contribution in [-0.4, -0.2) is 21.2 Å². The van der Waals surface area contributed by atoms with E-state index in [-0.39, 0.29) is 0 Å². The monoisotopic (exact) mass is 666 g/mol. The molecule has 10 rings (SSSR count). The summed E-state index contributed by atoms with van der Waals surface area (Å²) < 4.78 is 2.25. The van der Waals surface area contributed by atoms with Gasteiger partial charge in [0.15, 0.2) is 0 Å². The third-order valence-corrected chi connectivity index (χ3v) is 10.5. The van der Waals surface area contributed by atoms with Gasteiger partial charge in [-0.15, -0.1) is 0 Å². The molecule has 0 saturated carbocycles. The van der Waals surface area contributed by atoms with E-state index in [1.54, 1.807) is 0 Å². The number of aromatic nitrogens is 2. The number of pyridine rings is 1. The Morgan fingerprint density at radius 3 is 1.94 bits per heavy atom. The number of allylic oxidation sites excluding steroid dienone is 1. The fourth-order valence-corrected chi connectivity index (χ4v) is 7.97. The van der Waals surface area contributed by atoms with Gasteiger partial charge in [0.2, 0.25) is 5.96 Å². The quantitative estimate of drug-likeness (QED) is 0.173. The van der Waals surface area contributed by atoms with Crippen LogP contribution in [0.25, 0.3) is 71.1 Å². The van der Waals surface area contributed by atoms with Gasteiger partial charge in [-0.2, -0.15) is 0 Å². The lowest BCUT2D eigenvalue weighted by Crippen LogP contribution is -2.16. The minimum absolute atomic E-state index is 0.669. The second-order valence-electron chi connectivity index (χ2n) is 13.6. The first-order valence-corrected chi connectivity index (χ1v) is 17.9. The fraction of sp³-hybridized carbons (Fsp3) is 0.0625. The van der Waals surface area contributed by atoms with E-state index in [0.29, 0.717) is 5.96 Å². The van der Waals surface area contributed by atoms with E-state index in [2.05, 4.69) is 169 Å². The molecule has 0 amide bonds. The summed E-state index contributed by atoms with van der Waals surface area (Å²) in [5.41, 5.74) is 10.9. The molecule has 0 radical (unpaired) electrons. The van der Waals surface area contributed by atoms with Gasteiger partial charge in [-0.1, -0.05) is 133 Å². The summed E-state index contributed by atoms with van der Waals surface area (Å²) in [5.74, 6) is 0.669. The SMILES string of the molecule is C/C1=C(/c2ccccc2-c2ccc3ccc4ncc5ccccc5c4c3c2)N=C(n2c3ccccc3c3ccccc32)N=C(c2ccccc2)CC1. The zero-order valence-corrected chi connectivity index (χ0v) is 28.8. The van der Waals surface area contributed by atoms with E-state index in [4.69, 9.17) is 15.0 Å². The Morgan fingerprint density at radius 1 is 0.500 bits per heavy atom. The number of nitrogens with zero attached hydrogens (tertiary/aromatic N) is 4. The van der Waals surface area contributed by atoms with Gasteiger partial charge in [0.05, 0.1) is 28.0 Å². The lowest BCUT2D eigenvalue weighted by atomic mass is 9.91. The van der Waals surface area contributed by atoms with Crippen molar-refractivity contribution < 1.29 is 0 Å². The molecular formula is C48H34N4. The molecule has 4 heteroatoms. The highest BCUT2D eigenvalue weighted by Crippen LogP contribution is 2.38. The van der Waals surface area contributed by atoms with Crippen molar-refractivity contribution in [1.82, 2.24) is 9.55 Å². The normalized spacial score (nSPS) is 15.2. The minimum atomic E-state index is 0.669. The van der Waals surface area contributed by atoms with Crippen molar-refractivity contribution in [3.05, 3.63) is 181 Å². The van der Waals surface area contributed by atoms with E-state index in [0.717, 1.165) is 68.4 Å². The van der Waals surface area contributed by atoms with Crippen LogP contribution in [0, 0.1) is 0 Å². The van der Waals surface area contributed by atoms with Gasteiger partial charge < -0.3 is 0 Å². The Morgan fingerprint density at radius 2 is 1.15 bits per heavy atom. The molecule has 0 bridgehead atoms. The summed E-state index contributed by atoms with van der Waals surface area (Å²) in [4.78, 5) is 15.9. The second-order valence-corrected chi connectivity index (χ2v) is 13.6. The van der Waals surface area contributed by atoms with Crippen LogP contribution in [0.4, 0.5) is 0 Å². The number of benzene rings is 7. The molecule has 3 heterocycles. The van der Waals surface area contributed by atoms with Crippen molar-refractivity contribution in [3.63, 3.8) is 0 Å². The number of fused-ring (bicyclic) bond motifs is 8. The van der Waals surface area contributed by atoms with E-state index in [1.165, 1.54) is 37.9 Å². The molecule has 0 spiro atoms. The van der Waals surface area contributed by atoms with Gasteiger partial charge in [-0.25, -0.2) is 9.98 Å². The van der Waals surface area contributed by atoms with E-state index < -0.39 is 0 Å². The Hall–Kier alpha value is -6.65. The first-order chi connectivity index (χ1) is 25.7. The molecule has 0 fully saturated rings. The van der Waals surface area contributed by atoms with Crippen LogP contribution >= 0.6 is 0 Å². The van der Waals surface area contributed by atoms with E-state index in [9.17, 15) is 0 Å². The predicted molar refractivity (Wildman–Crippen MR) is 219 cm³/mol. The molecule has 246 valence electrons. The average Bonchev–Trinajstić information content (AvgIpc) is 3.54. The number of aliphatic imine (C=N–C) groups is 2. The molecule has 0 saturated heterocycles. The Kier molecular flexibility index (Phi) is 7.14. The Balaban J connectivity index is 1.22. The summed E-state index contributed by atoms with van der Waals surface area (Å²) in [6.45, 7) is 2.23. The standard InChI is InChI=1S/C48H34N4/c1-31-23-27-42(33-13-3-2-4-14-33)50-48(52-44-21-11-9-18-38(44)39-19-10-12-22-45(39)52)51-47(31)40-20-8-7-16-36(40)34-25-24-32-26-28-43-46(41(32)29-34)37-17-6-5-15-35(37)30-49-43/h2-22,24-26,28-30H,23,27H2,1H3/b47-31+,50-42?,51-48?. The van der Waals surface area contributed by atoms with Gasteiger partial charge in [0.25, 0.3) is 0 Å². The minimum Gasteiger partial charge on any atom is -0.278 e. The number of hydrogen-bond acceptors (Lipinski definition) is 3. The number of rotatable bonds is 3. The Bertz CT molecular complexity index is 2900. The highest BCUT2D eigenvalue weighted by Gasteiger charge is 2.21. The van der Waals surface area contributed by atoms with Gasteiger partial charge in [-0.05, 0) is 82.5 Å². The summed E-state index contributed by atoms with van der Waals surface area (Å²) >= 11 is 0. The molecule has 1 aliphatic rings. The van der Waals surface area contributed by atoms with Crippen molar-refractivity contribution in [2.75, 3.05) is 0 Å². The molecule has 2 aromatic heterocycles. The maximum absolute atomic E-state index is 5.61. The first-order valence-electron chi connectivity index (χ1n) is 17.9. The molecule has 0 aliphatic carbocycles. The van der Waals surface area contributed by atoms with Crippen molar-refractivity contribution in [2.45, 2.75) is 19.8 Å². The summed E-state index contributed by atoms with van der Waals surface area (Å²) in [5, 5.41) is 8.32. The van der Waals surface area contributed by atoms with Crippen LogP contribution in [-0.2, 0) is 0 Å². The molecule has 0 atom stereocenters. The van der Waals surface area contributed by atoms with Crippen LogP contribution in [0.2, 0.25) is 0 Å². The number of hydrogen-bond donors (Lipinski definition) is 0. The number of para-hydroxylation sites is 2. The van der Waals surface area contributed by atoms with Crippen LogP contribution in [0.5, 0.6) is 0 Å². The lowest BCUT2D eigenvalue weighted by Gasteiger charge is -2.19. The van der Waals surface area contributed by atoms with Crippen molar-refractivity contribution in [1.29, 1.82) is 0 Å². The molecule has 1 aliphatic heterocycles. The van der Waals surface area contributed by atoms with Crippen LogP contribution in [0.3, 0.4) is 0 Å². The highest BCUT2D eigenvalue weighted by molar-refractivity contribution is 6.20. The fourth-order valence-electron chi connectivity index (χ4n) is 7.97. The van der Waals surface area contributed by atoms with E-state index >= 15 is 0 Å². The molecule has 52 heavy (non-hydrogen) atoms. The van der Waals surface area contributed by atoms with Gasteiger partial charge >= 0.3 is 0 Å². The molecule has 4 nitrogen and oxygen atoms in total. The average molecular weight is 667 g/mol. The van der Waals surface area contributed by atoms with E-state index in [1.807, 2.05) is 6.20 Å². The Labute approximate surface area is 301 Å². The summed E-state index contributed by atoms with van der Waals surface area (Å²) in [6.07, 6.45) is 3.63. The molecule has 7 aromatic carbocycles. The predicted octanol–water partition coefficient (Wildman–Crippen LogP) is 12.2. The second kappa shape index (κ2) is 12.3. The van der Waals surface area contributed by atoms with Gasteiger partial charge in [0.1, 0.15) is 0 Å². The molecule has 0 unspecified atom stereocenters. The van der Waals surface area contributed by atoms with Crippen molar-refractivity contribution in [2.24, 2.45) is 9.98 Å². The molecule has 9 aromatic rings. The third kappa shape index (κ3) is 4.95. The summed E-state index contributed by atoms with van der Waals surface area (Å²) in [7, 11) is 0. The molecule has 0 N–H and O–H groups in total.